The van der Waals surface area contributed by atoms with Crippen LogP contribution >= 0.6 is 0 Å². The zero-order valence-corrected chi connectivity index (χ0v) is 14.6. The molecule has 0 aromatic heterocycles. The molecule has 128 valence electrons. The number of carbonyl (C=O) groups is 2. The third kappa shape index (κ3) is 6.39. The van der Waals surface area contributed by atoms with E-state index in [1.165, 1.54) is 31.2 Å². The van der Waals surface area contributed by atoms with Gasteiger partial charge in [-0.25, -0.2) is 0 Å². The molecule has 5 N–H and O–H groups in total. The summed E-state index contributed by atoms with van der Waals surface area (Å²) in [6.07, 6.45) is 0. The smallest absolute Gasteiger partial charge is 0.248 e. The van der Waals surface area contributed by atoms with Crippen LogP contribution in [0.1, 0.15) is 17.3 Å². The molecule has 9 heteroatoms. The van der Waals surface area contributed by atoms with Gasteiger partial charge in [0.05, 0.1) is 0 Å². The van der Waals surface area contributed by atoms with Crippen LogP contribution in [-0.2, 0) is 12.4 Å². The number of anilines is 1. The van der Waals surface area contributed by atoms with Gasteiger partial charge in [-0.1, -0.05) is 18.2 Å². The molecule has 1 unspecified atom stereocenters. The zero-order chi connectivity index (χ0) is 18.2. The van der Waals surface area contributed by atoms with Crippen molar-refractivity contribution in [2.45, 2.75) is 6.92 Å². The van der Waals surface area contributed by atoms with Crippen LogP contribution in [0.3, 0.4) is 0 Å². The SMILES string of the molecule is CC(=O)Nc1ccc([As](=O)(O)OO)cc1.NC(=O)c1ccccc1. The Balaban J connectivity index is 0.000000272. The Morgan fingerprint density at radius 2 is 1.62 bits per heavy atom. The summed E-state index contributed by atoms with van der Waals surface area (Å²) in [6, 6.07) is 14.3. The van der Waals surface area contributed by atoms with Gasteiger partial charge in [0.15, 0.2) is 0 Å². The first-order valence-electron chi connectivity index (χ1n) is 6.65. The molecule has 0 aliphatic heterocycles. The van der Waals surface area contributed by atoms with Crippen molar-refractivity contribution in [1.82, 2.24) is 0 Å². The number of nitrogens with one attached hydrogen (secondary N) is 1. The molecule has 2 aromatic carbocycles. The number of amides is 2. The quantitative estimate of drug-likeness (QED) is 0.337. The van der Waals surface area contributed by atoms with E-state index in [9.17, 15) is 13.3 Å². The summed E-state index contributed by atoms with van der Waals surface area (Å²) < 4.78 is 23.8. The summed E-state index contributed by atoms with van der Waals surface area (Å²) in [4.78, 5) is 21.1. The molecule has 0 saturated heterocycles. The van der Waals surface area contributed by atoms with Crippen LogP contribution in [0.2, 0.25) is 0 Å². The van der Waals surface area contributed by atoms with Crippen molar-refractivity contribution >= 4 is 36.0 Å². The molecule has 0 aliphatic carbocycles. The minimum Gasteiger partial charge on any atom is -0.366 e. The topological polar surface area (TPSA) is 139 Å². The van der Waals surface area contributed by atoms with Gasteiger partial charge < -0.3 is 5.73 Å². The van der Waals surface area contributed by atoms with Crippen molar-refractivity contribution in [3.05, 3.63) is 60.2 Å². The molecular weight excluding hydrogens is 379 g/mol. The average molecular weight is 396 g/mol. The minimum absolute atomic E-state index is 0.00438. The summed E-state index contributed by atoms with van der Waals surface area (Å²) in [5.41, 5.74) is 6.03. The Labute approximate surface area is 141 Å². The molecule has 1 atom stereocenters. The number of primary amides is 1. The second kappa shape index (κ2) is 9.05. The first-order valence-corrected chi connectivity index (χ1v) is 9.96. The Morgan fingerprint density at radius 1 is 1.08 bits per heavy atom. The van der Waals surface area contributed by atoms with Crippen molar-refractivity contribution in [2.24, 2.45) is 5.73 Å². The standard InChI is InChI=1S/C8H10AsNO5.C7H7NO/c1-6(11)10-8-4-2-7(3-5-8)9(12,13)15-14;8-7(9)6-4-2-1-3-5-6/h2-5,14H,1H3,(H,10,11)(H,12,13);1-5H,(H2,8,9). The molecule has 2 rings (SSSR count). The summed E-state index contributed by atoms with van der Waals surface area (Å²) in [7, 11) is 0. The largest absolute Gasteiger partial charge is 0.366 e. The van der Waals surface area contributed by atoms with E-state index in [1.807, 2.05) is 6.07 Å². The van der Waals surface area contributed by atoms with Crippen molar-refractivity contribution < 1.29 is 26.6 Å². The predicted octanol–water partition coefficient (Wildman–Crippen LogP) is 0.489. The predicted molar refractivity (Wildman–Crippen MR) is 87.7 cm³/mol. The maximum atomic E-state index is 11.2. The first kappa shape index (κ1) is 19.7. The van der Waals surface area contributed by atoms with Crippen LogP contribution in [-0.4, -0.2) is 35.3 Å². The van der Waals surface area contributed by atoms with Gasteiger partial charge in [-0.05, 0) is 12.1 Å². The Bertz CT molecular complexity index is 733. The molecule has 0 radical (unpaired) electrons. The summed E-state index contributed by atoms with van der Waals surface area (Å²) in [5.74, 6) is -0.616. The molecule has 0 fully saturated rings. The Hall–Kier alpha value is -2.38. The van der Waals surface area contributed by atoms with Crippen molar-refractivity contribution in [1.29, 1.82) is 0 Å². The van der Waals surface area contributed by atoms with Crippen molar-refractivity contribution in [3.63, 3.8) is 0 Å². The van der Waals surface area contributed by atoms with Gasteiger partial charge in [-0.2, -0.15) is 0 Å². The molecule has 2 aromatic rings. The number of hydrogen-bond donors (Lipinski definition) is 4. The van der Waals surface area contributed by atoms with E-state index in [-0.39, 0.29) is 16.2 Å². The zero-order valence-electron chi connectivity index (χ0n) is 12.7. The fraction of sp³-hybridized carbons (Fsp3) is 0.0667. The van der Waals surface area contributed by atoms with Gasteiger partial charge in [0.2, 0.25) is 5.91 Å². The maximum Gasteiger partial charge on any atom is 0.248 e. The minimum atomic E-state index is -4.76. The van der Waals surface area contributed by atoms with E-state index in [1.54, 1.807) is 24.3 Å². The van der Waals surface area contributed by atoms with Gasteiger partial charge >= 0.3 is 88.4 Å². The van der Waals surface area contributed by atoms with Gasteiger partial charge in [0.1, 0.15) is 0 Å². The fourth-order valence-electron chi connectivity index (χ4n) is 1.59. The van der Waals surface area contributed by atoms with E-state index in [0.717, 1.165) is 0 Å². The second-order valence-corrected chi connectivity index (χ2v) is 8.17. The van der Waals surface area contributed by atoms with Crippen molar-refractivity contribution in [2.75, 3.05) is 5.32 Å². The summed E-state index contributed by atoms with van der Waals surface area (Å²) in [5, 5.41) is 10.7. The monoisotopic (exact) mass is 396 g/mol. The summed E-state index contributed by atoms with van der Waals surface area (Å²) >= 11 is -4.76. The normalized spacial score (nSPS) is 12.3. The van der Waals surface area contributed by atoms with E-state index in [4.69, 9.17) is 15.1 Å². The second-order valence-electron chi connectivity index (χ2n) is 4.56. The molecule has 0 saturated carbocycles. The summed E-state index contributed by atoms with van der Waals surface area (Å²) in [6.45, 7) is 1.35. The molecule has 0 bridgehead atoms. The maximum absolute atomic E-state index is 11.2. The Kier molecular flexibility index (Phi) is 7.41. The molecule has 24 heavy (non-hydrogen) atoms. The third-order valence-electron chi connectivity index (χ3n) is 2.68. The number of benzene rings is 2. The van der Waals surface area contributed by atoms with E-state index >= 15 is 0 Å². The molecule has 0 aliphatic rings. The van der Waals surface area contributed by atoms with E-state index in [0.29, 0.717) is 11.3 Å². The average Bonchev–Trinajstić information content (AvgIpc) is 2.56. The molecule has 0 heterocycles. The Morgan fingerprint density at radius 3 is 2.00 bits per heavy atom. The number of nitrogens with two attached hydrogens (primary N) is 1. The van der Waals surface area contributed by atoms with Gasteiger partial charge in [0.25, 0.3) is 0 Å². The van der Waals surface area contributed by atoms with Crippen molar-refractivity contribution in [3.8, 4) is 0 Å². The molecular formula is C15H17AsN2O6. The number of carbonyl (C=O) groups excluding carboxylic acids is 2. The van der Waals surface area contributed by atoms with E-state index < -0.39 is 14.2 Å². The van der Waals surface area contributed by atoms with Gasteiger partial charge in [-0.15, -0.1) is 0 Å². The van der Waals surface area contributed by atoms with Crippen LogP contribution in [0.15, 0.2) is 54.6 Å². The van der Waals surface area contributed by atoms with Crippen LogP contribution in [0.5, 0.6) is 0 Å². The fourth-order valence-corrected chi connectivity index (χ4v) is 2.89. The van der Waals surface area contributed by atoms with Crippen LogP contribution < -0.4 is 15.4 Å². The van der Waals surface area contributed by atoms with E-state index in [2.05, 4.69) is 9.19 Å². The number of rotatable bonds is 4. The molecule has 0 spiro atoms. The molecule has 2 amide bonds. The molecule has 8 nitrogen and oxygen atoms in total. The first-order chi connectivity index (χ1) is 11.3. The number of hydrogen-bond acceptors (Lipinski definition) is 5. The van der Waals surface area contributed by atoms with Crippen LogP contribution in [0.25, 0.3) is 0 Å². The third-order valence-corrected chi connectivity index (χ3v) is 5.14. The van der Waals surface area contributed by atoms with Crippen LogP contribution in [0, 0.1) is 0 Å². The van der Waals surface area contributed by atoms with Crippen LogP contribution in [0.4, 0.5) is 5.69 Å². The van der Waals surface area contributed by atoms with Gasteiger partial charge in [0, 0.05) is 5.56 Å². The van der Waals surface area contributed by atoms with Gasteiger partial charge in [-0.3, -0.25) is 4.79 Å².